The summed E-state index contributed by atoms with van der Waals surface area (Å²) in [6, 6.07) is 2.29. The van der Waals surface area contributed by atoms with Gasteiger partial charge in [0.15, 0.2) is 17.3 Å². The number of hydrogen-bond donors (Lipinski definition) is 0. The first-order valence-corrected chi connectivity index (χ1v) is 9.27. The number of aryl methyl sites for hydroxylation is 1. The highest BCUT2D eigenvalue weighted by Gasteiger charge is 2.54. The maximum Gasteiger partial charge on any atom is 0.231 e. The molecule has 0 bridgehead atoms. The number of fused-ring (bicyclic) bond motifs is 6. The summed E-state index contributed by atoms with van der Waals surface area (Å²) in [5.41, 5.74) is 4.66. The van der Waals surface area contributed by atoms with Crippen molar-refractivity contribution in [3.8, 4) is 17.2 Å². The molecule has 3 aliphatic carbocycles. The highest BCUT2D eigenvalue weighted by atomic mass is 16.7. The van der Waals surface area contributed by atoms with Gasteiger partial charge in [0, 0.05) is 17.5 Å². The normalized spacial score (nSPS) is 27.5. The Bertz CT molecular complexity index is 914. The molecular formula is C21H23NO5. The molecule has 0 N–H and O–H groups in total. The second kappa shape index (κ2) is 5.76. The van der Waals surface area contributed by atoms with Gasteiger partial charge in [0.05, 0.1) is 20.1 Å². The Morgan fingerprint density at radius 2 is 2.00 bits per heavy atom. The summed E-state index contributed by atoms with van der Waals surface area (Å²) in [5, 5.41) is 0. The van der Waals surface area contributed by atoms with Gasteiger partial charge in [0.2, 0.25) is 18.3 Å². The second-order valence-electron chi connectivity index (χ2n) is 7.67. The third-order valence-corrected chi connectivity index (χ3v) is 6.26. The van der Waals surface area contributed by atoms with Crippen LogP contribution in [0.3, 0.4) is 0 Å². The van der Waals surface area contributed by atoms with Gasteiger partial charge >= 0.3 is 0 Å². The molecule has 0 saturated heterocycles. The summed E-state index contributed by atoms with van der Waals surface area (Å²) in [5.74, 6) is 2.60. The molecule has 1 heterocycles. The van der Waals surface area contributed by atoms with Crippen molar-refractivity contribution in [1.29, 1.82) is 0 Å². The van der Waals surface area contributed by atoms with Gasteiger partial charge in [-0.1, -0.05) is 0 Å². The van der Waals surface area contributed by atoms with Crippen molar-refractivity contribution in [3.05, 3.63) is 34.6 Å². The predicted molar refractivity (Wildman–Crippen MR) is 98.9 cm³/mol. The first-order valence-electron chi connectivity index (χ1n) is 9.27. The monoisotopic (exact) mass is 369 g/mol. The van der Waals surface area contributed by atoms with E-state index in [9.17, 15) is 4.79 Å². The number of benzene rings is 1. The first-order chi connectivity index (χ1) is 13.1. The van der Waals surface area contributed by atoms with Gasteiger partial charge in [-0.3, -0.25) is 4.79 Å². The fourth-order valence-electron chi connectivity index (χ4n) is 5.11. The summed E-state index contributed by atoms with van der Waals surface area (Å²) < 4.78 is 22.5. The van der Waals surface area contributed by atoms with Crippen LogP contribution in [-0.2, 0) is 16.0 Å². The van der Waals surface area contributed by atoms with Crippen molar-refractivity contribution in [1.82, 2.24) is 4.90 Å². The molecular weight excluding hydrogens is 346 g/mol. The lowest BCUT2D eigenvalue weighted by atomic mass is 9.64. The van der Waals surface area contributed by atoms with Crippen molar-refractivity contribution in [2.75, 3.05) is 35.1 Å². The number of allylic oxidation sites excluding steroid dienone is 3. The number of likely N-dealkylation sites (N-methyl/N-ethyl adjacent to an activating group) is 1. The fourth-order valence-corrected chi connectivity index (χ4v) is 5.11. The predicted octanol–water partition coefficient (Wildman–Crippen LogP) is 2.41. The standard InChI is InChI=1S/C21H23NO5/c1-22(2)12-6-5-10-7-14-20(27-9-26-14)21(25-4)15(10)16-11-8-13(24-3)19(23)17(11)18(12)16/h7-8,11-12,17H,5-6,9H2,1-4H3. The average Bonchev–Trinajstić information content (AvgIpc) is 3.16. The second-order valence-corrected chi connectivity index (χ2v) is 7.67. The molecule has 142 valence electrons. The SMILES string of the molecule is COC1=CC2C3=C(C2C1=O)C(N(C)C)CCc1cc2c(c(OC)c13)OCO2. The third kappa shape index (κ3) is 2.07. The number of hydrogen-bond acceptors (Lipinski definition) is 6. The van der Waals surface area contributed by atoms with Gasteiger partial charge < -0.3 is 23.8 Å². The molecule has 0 amide bonds. The van der Waals surface area contributed by atoms with Crippen LogP contribution in [0, 0.1) is 11.8 Å². The van der Waals surface area contributed by atoms with E-state index in [0.717, 1.165) is 29.9 Å². The van der Waals surface area contributed by atoms with Crippen molar-refractivity contribution in [2.24, 2.45) is 11.8 Å². The minimum absolute atomic E-state index is 0.0380. The Hall–Kier alpha value is -2.47. The van der Waals surface area contributed by atoms with Crippen LogP contribution in [0.4, 0.5) is 0 Å². The maximum atomic E-state index is 12.9. The molecule has 0 radical (unpaired) electrons. The topological polar surface area (TPSA) is 57.2 Å². The number of methoxy groups -OCH3 is 2. The molecule has 4 aliphatic rings. The van der Waals surface area contributed by atoms with Gasteiger partial charge in [-0.25, -0.2) is 0 Å². The minimum atomic E-state index is -0.122. The molecule has 0 saturated carbocycles. The number of carbonyl (C=O) groups is 1. The summed E-state index contributed by atoms with van der Waals surface area (Å²) in [4.78, 5) is 15.1. The van der Waals surface area contributed by atoms with Crippen molar-refractivity contribution in [2.45, 2.75) is 18.9 Å². The molecule has 6 heteroatoms. The van der Waals surface area contributed by atoms with Gasteiger partial charge in [-0.2, -0.15) is 0 Å². The van der Waals surface area contributed by atoms with Crippen molar-refractivity contribution < 1.29 is 23.7 Å². The van der Waals surface area contributed by atoms with E-state index in [1.807, 2.05) is 6.08 Å². The van der Waals surface area contributed by atoms with Crippen LogP contribution in [0.2, 0.25) is 0 Å². The van der Waals surface area contributed by atoms with Gasteiger partial charge in [-0.15, -0.1) is 0 Å². The van der Waals surface area contributed by atoms with Gasteiger partial charge in [0.25, 0.3) is 0 Å². The molecule has 1 aromatic rings. The van der Waals surface area contributed by atoms with Gasteiger partial charge in [0.1, 0.15) is 0 Å². The zero-order chi connectivity index (χ0) is 18.9. The molecule has 1 aliphatic heterocycles. The molecule has 3 atom stereocenters. The van der Waals surface area contributed by atoms with Crippen LogP contribution < -0.4 is 14.2 Å². The van der Waals surface area contributed by atoms with Crippen molar-refractivity contribution in [3.63, 3.8) is 0 Å². The number of nitrogens with zero attached hydrogens (tertiary/aromatic N) is 1. The first kappa shape index (κ1) is 16.7. The van der Waals surface area contributed by atoms with Crippen LogP contribution in [0.15, 0.2) is 23.5 Å². The molecule has 1 aromatic carbocycles. The lowest BCUT2D eigenvalue weighted by Crippen LogP contribution is -2.42. The smallest absolute Gasteiger partial charge is 0.231 e. The highest BCUT2D eigenvalue weighted by Crippen LogP contribution is 2.60. The highest BCUT2D eigenvalue weighted by molar-refractivity contribution is 6.08. The molecule has 0 fully saturated rings. The molecule has 5 rings (SSSR count). The number of ether oxygens (including phenoxy) is 4. The van der Waals surface area contributed by atoms with E-state index >= 15 is 0 Å². The average molecular weight is 369 g/mol. The van der Waals surface area contributed by atoms with Crippen LogP contribution in [-0.4, -0.2) is 51.8 Å². The zero-order valence-electron chi connectivity index (χ0n) is 16.0. The fraction of sp³-hybridized carbons (Fsp3) is 0.476. The quantitative estimate of drug-likeness (QED) is 0.816. The van der Waals surface area contributed by atoms with E-state index in [4.69, 9.17) is 18.9 Å². The minimum Gasteiger partial charge on any atom is -0.493 e. The Labute approximate surface area is 158 Å². The Morgan fingerprint density at radius 1 is 1.19 bits per heavy atom. The molecule has 3 unspecified atom stereocenters. The van der Waals surface area contributed by atoms with E-state index in [1.54, 1.807) is 14.2 Å². The molecule has 0 aromatic heterocycles. The summed E-state index contributed by atoms with van der Waals surface area (Å²) in [6.07, 6.45) is 3.81. The largest absolute Gasteiger partial charge is 0.493 e. The molecule has 6 nitrogen and oxygen atoms in total. The van der Waals surface area contributed by atoms with E-state index in [1.165, 1.54) is 16.7 Å². The number of rotatable bonds is 3. The Balaban J connectivity index is 1.76. The number of ketones is 1. The summed E-state index contributed by atoms with van der Waals surface area (Å²) in [6.45, 7) is 0.207. The molecule has 0 spiro atoms. The van der Waals surface area contributed by atoms with E-state index in [-0.39, 0.29) is 30.5 Å². The van der Waals surface area contributed by atoms with Gasteiger partial charge in [-0.05, 0) is 55.8 Å². The van der Waals surface area contributed by atoms with Crippen LogP contribution >= 0.6 is 0 Å². The Morgan fingerprint density at radius 3 is 2.70 bits per heavy atom. The lowest BCUT2D eigenvalue weighted by Gasteiger charge is -2.42. The van der Waals surface area contributed by atoms with Crippen LogP contribution in [0.5, 0.6) is 17.2 Å². The summed E-state index contributed by atoms with van der Waals surface area (Å²) in [7, 11) is 7.38. The number of carbonyl (C=O) groups excluding carboxylic acids is 1. The van der Waals surface area contributed by atoms with E-state index in [0.29, 0.717) is 11.5 Å². The van der Waals surface area contributed by atoms with Crippen LogP contribution in [0.25, 0.3) is 5.57 Å². The number of Topliss-reactive ketones (excluding diaryl/α,β-unsaturated/α-hetero) is 1. The summed E-state index contributed by atoms with van der Waals surface area (Å²) >= 11 is 0. The lowest BCUT2D eigenvalue weighted by molar-refractivity contribution is -0.121. The van der Waals surface area contributed by atoms with E-state index < -0.39 is 0 Å². The van der Waals surface area contributed by atoms with E-state index in [2.05, 4.69) is 25.1 Å². The molecule has 27 heavy (non-hydrogen) atoms. The van der Waals surface area contributed by atoms with Crippen molar-refractivity contribution >= 4 is 11.4 Å². The Kier molecular flexibility index (Phi) is 3.56. The zero-order valence-corrected chi connectivity index (χ0v) is 16.0. The third-order valence-electron chi connectivity index (χ3n) is 6.26. The maximum absolute atomic E-state index is 12.9. The van der Waals surface area contributed by atoms with Crippen LogP contribution in [0.1, 0.15) is 17.5 Å².